The molecule has 6 unspecified atom stereocenters. The molecule has 0 radical (unpaired) electrons. The topological polar surface area (TPSA) is 58.9 Å². The van der Waals surface area contributed by atoms with E-state index in [4.69, 9.17) is 9.47 Å². The fourth-order valence-corrected chi connectivity index (χ4v) is 2.48. The Morgan fingerprint density at radius 2 is 1.64 bits per heavy atom. The van der Waals surface area contributed by atoms with Gasteiger partial charge in [0.15, 0.2) is 0 Å². The van der Waals surface area contributed by atoms with Crippen molar-refractivity contribution in [2.45, 2.75) is 38.3 Å². The van der Waals surface area contributed by atoms with Gasteiger partial charge in [0.2, 0.25) is 0 Å². The van der Waals surface area contributed by atoms with Gasteiger partial charge in [0.25, 0.3) is 0 Å². The largest absolute Gasteiger partial charge is 0.393 e. The Morgan fingerprint density at radius 3 is 2.00 bits per heavy atom. The Kier molecular flexibility index (Phi) is 3.89. The maximum atomic E-state index is 9.86. The highest BCUT2D eigenvalue weighted by molar-refractivity contribution is 4.99. The minimum atomic E-state index is -0.565. The van der Waals surface area contributed by atoms with Gasteiger partial charge in [-0.15, -0.1) is 0 Å². The highest BCUT2D eigenvalue weighted by atomic mass is 16.5. The standard InChI is InChI=1S/C10H20O4/c1-5-8(12)10(14-4)7(6(2)11)9(5)13-3/h5-12H,1-4H3. The fraction of sp³-hybridized carbons (Fsp3) is 1.00. The van der Waals surface area contributed by atoms with E-state index in [0.717, 1.165) is 0 Å². The molecule has 0 bridgehead atoms. The second-order valence-corrected chi connectivity index (χ2v) is 4.07. The lowest BCUT2D eigenvalue weighted by Crippen LogP contribution is -2.37. The van der Waals surface area contributed by atoms with E-state index in [9.17, 15) is 10.2 Å². The molecule has 14 heavy (non-hydrogen) atoms. The number of aliphatic hydroxyl groups excluding tert-OH is 2. The van der Waals surface area contributed by atoms with Crippen LogP contribution in [-0.4, -0.2) is 48.8 Å². The molecule has 0 aliphatic heterocycles. The van der Waals surface area contributed by atoms with E-state index in [1.54, 1.807) is 21.1 Å². The van der Waals surface area contributed by atoms with Gasteiger partial charge in [-0.3, -0.25) is 0 Å². The molecule has 0 heterocycles. The van der Waals surface area contributed by atoms with E-state index in [1.165, 1.54) is 0 Å². The summed E-state index contributed by atoms with van der Waals surface area (Å²) in [5.41, 5.74) is 0. The van der Waals surface area contributed by atoms with E-state index >= 15 is 0 Å². The lowest BCUT2D eigenvalue weighted by molar-refractivity contribution is -0.0635. The lowest BCUT2D eigenvalue weighted by Gasteiger charge is -2.26. The van der Waals surface area contributed by atoms with Crippen LogP contribution in [0.3, 0.4) is 0 Å². The highest BCUT2D eigenvalue weighted by Gasteiger charge is 2.50. The van der Waals surface area contributed by atoms with Crippen LogP contribution in [0.4, 0.5) is 0 Å². The first-order valence-corrected chi connectivity index (χ1v) is 4.96. The van der Waals surface area contributed by atoms with E-state index in [-0.39, 0.29) is 24.0 Å². The molecule has 1 rings (SSSR count). The number of hydrogen-bond donors (Lipinski definition) is 2. The predicted molar refractivity (Wildman–Crippen MR) is 51.9 cm³/mol. The molecule has 0 aromatic heterocycles. The van der Waals surface area contributed by atoms with Crippen LogP contribution in [0.25, 0.3) is 0 Å². The molecule has 0 aromatic carbocycles. The normalized spacial score (nSPS) is 45.4. The Hall–Kier alpha value is -0.160. The van der Waals surface area contributed by atoms with Crippen molar-refractivity contribution in [1.82, 2.24) is 0 Å². The predicted octanol–water partition coefficient (Wildman–Crippen LogP) is 0.0240. The molecule has 4 nitrogen and oxygen atoms in total. The summed E-state index contributed by atoms with van der Waals surface area (Å²) >= 11 is 0. The van der Waals surface area contributed by atoms with Crippen LogP contribution >= 0.6 is 0 Å². The van der Waals surface area contributed by atoms with Crippen molar-refractivity contribution in [3.63, 3.8) is 0 Å². The van der Waals surface area contributed by atoms with Crippen molar-refractivity contribution in [3.05, 3.63) is 0 Å². The second kappa shape index (κ2) is 4.57. The molecule has 0 spiro atoms. The van der Waals surface area contributed by atoms with Gasteiger partial charge in [-0.05, 0) is 6.92 Å². The molecule has 0 aromatic rings. The van der Waals surface area contributed by atoms with E-state index in [2.05, 4.69) is 0 Å². The quantitative estimate of drug-likeness (QED) is 0.680. The van der Waals surface area contributed by atoms with Crippen molar-refractivity contribution in [2.24, 2.45) is 11.8 Å². The molecular weight excluding hydrogens is 184 g/mol. The summed E-state index contributed by atoms with van der Waals surface area (Å²) in [5, 5.41) is 19.5. The molecule has 1 aliphatic carbocycles. The van der Waals surface area contributed by atoms with Gasteiger partial charge in [0.1, 0.15) is 0 Å². The Morgan fingerprint density at radius 1 is 1.14 bits per heavy atom. The molecule has 0 amide bonds. The maximum Gasteiger partial charge on any atom is 0.0911 e. The molecule has 84 valence electrons. The summed E-state index contributed by atoms with van der Waals surface area (Å²) in [4.78, 5) is 0. The number of ether oxygens (including phenoxy) is 2. The van der Waals surface area contributed by atoms with Gasteiger partial charge in [-0.1, -0.05) is 6.92 Å². The van der Waals surface area contributed by atoms with E-state index in [0.29, 0.717) is 0 Å². The van der Waals surface area contributed by atoms with Crippen molar-refractivity contribution in [2.75, 3.05) is 14.2 Å². The minimum absolute atomic E-state index is 0.00968. The third-order valence-electron chi connectivity index (χ3n) is 3.25. The monoisotopic (exact) mass is 204 g/mol. The van der Waals surface area contributed by atoms with Crippen LogP contribution in [-0.2, 0) is 9.47 Å². The number of methoxy groups -OCH3 is 2. The van der Waals surface area contributed by atoms with Gasteiger partial charge < -0.3 is 19.7 Å². The summed E-state index contributed by atoms with van der Waals surface area (Å²) in [6.45, 7) is 3.61. The fourth-order valence-electron chi connectivity index (χ4n) is 2.48. The second-order valence-electron chi connectivity index (χ2n) is 4.07. The molecular formula is C10H20O4. The first-order valence-electron chi connectivity index (χ1n) is 4.96. The van der Waals surface area contributed by atoms with Crippen LogP contribution in [0.5, 0.6) is 0 Å². The van der Waals surface area contributed by atoms with E-state index < -0.39 is 12.2 Å². The van der Waals surface area contributed by atoms with Crippen LogP contribution in [0.1, 0.15) is 13.8 Å². The van der Waals surface area contributed by atoms with Gasteiger partial charge in [0.05, 0.1) is 24.4 Å². The summed E-state index contributed by atoms with van der Waals surface area (Å²) < 4.78 is 10.5. The molecule has 1 fully saturated rings. The third kappa shape index (κ3) is 1.80. The molecule has 6 atom stereocenters. The number of aliphatic hydroxyl groups is 2. The molecule has 2 N–H and O–H groups in total. The van der Waals surface area contributed by atoms with Gasteiger partial charge >= 0.3 is 0 Å². The number of hydrogen-bond acceptors (Lipinski definition) is 4. The first-order chi connectivity index (χ1) is 6.54. The van der Waals surface area contributed by atoms with Gasteiger partial charge in [-0.2, -0.15) is 0 Å². The Bertz CT molecular complexity index is 167. The highest BCUT2D eigenvalue weighted by Crippen LogP contribution is 2.37. The zero-order valence-electron chi connectivity index (χ0n) is 9.18. The van der Waals surface area contributed by atoms with Gasteiger partial charge in [-0.25, -0.2) is 0 Å². The zero-order chi connectivity index (χ0) is 10.9. The summed E-state index contributed by atoms with van der Waals surface area (Å²) in [6, 6.07) is 0. The Balaban J connectivity index is 2.85. The van der Waals surface area contributed by atoms with Crippen LogP contribution < -0.4 is 0 Å². The first kappa shape index (κ1) is 11.9. The van der Waals surface area contributed by atoms with Gasteiger partial charge in [0, 0.05) is 26.1 Å². The molecule has 0 saturated heterocycles. The average molecular weight is 204 g/mol. The van der Waals surface area contributed by atoms with Crippen LogP contribution in [0, 0.1) is 11.8 Å². The zero-order valence-corrected chi connectivity index (χ0v) is 9.18. The lowest BCUT2D eigenvalue weighted by atomic mass is 9.96. The van der Waals surface area contributed by atoms with Crippen molar-refractivity contribution >= 4 is 0 Å². The van der Waals surface area contributed by atoms with Crippen molar-refractivity contribution in [3.8, 4) is 0 Å². The maximum absolute atomic E-state index is 9.86. The molecule has 1 aliphatic rings. The average Bonchev–Trinajstić information content (AvgIpc) is 2.39. The number of rotatable bonds is 3. The Labute approximate surface area is 84.8 Å². The summed E-state index contributed by atoms with van der Waals surface area (Å²) in [7, 11) is 3.15. The smallest absolute Gasteiger partial charge is 0.0911 e. The van der Waals surface area contributed by atoms with Crippen LogP contribution in [0.2, 0.25) is 0 Å². The summed E-state index contributed by atoms with van der Waals surface area (Å²) in [5.74, 6) is -0.167. The summed E-state index contributed by atoms with van der Waals surface area (Å²) in [6.07, 6.45) is -1.58. The molecule has 4 heteroatoms. The third-order valence-corrected chi connectivity index (χ3v) is 3.25. The minimum Gasteiger partial charge on any atom is -0.393 e. The van der Waals surface area contributed by atoms with Crippen molar-refractivity contribution in [1.29, 1.82) is 0 Å². The SMILES string of the molecule is COC1C(C)C(O)C(OC)C1C(C)O. The molecule has 1 saturated carbocycles. The van der Waals surface area contributed by atoms with Crippen LogP contribution in [0.15, 0.2) is 0 Å². The van der Waals surface area contributed by atoms with E-state index in [1.807, 2.05) is 6.92 Å². The van der Waals surface area contributed by atoms with Crippen molar-refractivity contribution < 1.29 is 19.7 Å².